The van der Waals surface area contributed by atoms with Crippen molar-refractivity contribution in [1.82, 2.24) is 15.5 Å². The quantitative estimate of drug-likeness (QED) is 0.942. The number of hydrogen-bond donors (Lipinski definition) is 1. The van der Waals surface area contributed by atoms with Crippen molar-refractivity contribution < 1.29 is 4.39 Å². The highest BCUT2D eigenvalue weighted by Gasteiger charge is 2.00. The summed E-state index contributed by atoms with van der Waals surface area (Å²) in [6.45, 7) is 1.21. The maximum absolute atomic E-state index is 13.2. The molecular formula is C12H11BrFN3. The molecule has 0 bridgehead atoms. The van der Waals surface area contributed by atoms with Gasteiger partial charge >= 0.3 is 0 Å². The molecule has 1 aromatic carbocycles. The standard InChI is InChI=1S/C12H11BrFN3/c13-11-4-3-9(6-12(11)14)7-15-8-10-2-1-5-16-17-10/h1-6,15H,7-8H2. The van der Waals surface area contributed by atoms with Crippen LogP contribution >= 0.6 is 15.9 Å². The largest absolute Gasteiger partial charge is 0.307 e. The van der Waals surface area contributed by atoms with Crippen LogP contribution < -0.4 is 5.32 Å². The SMILES string of the molecule is Fc1cc(CNCc2cccnn2)ccc1Br. The fourth-order valence-corrected chi connectivity index (χ4v) is 1.66. The fourth-order valence-electron chi connectivity index (χ4n) is 1.41. The van der Waals surface area contributed by atoms with E-state index in [2.05, 4.69) is 31.4 Å². The summed E-state index contributed by atoms with van der Waals surface area (Å²) < 4.78 is 13.7. The first kappa shape index (κ1) is 12.1. The zero-order valence-electron chi connectivity index (χ0n) is 9.03. The molecule has 88 valence electrons. The molecule has 0 amide bonds. The van der Waals surface area contributed by atoms with Crippen LogP contribution in [0.1, 0.15) is 11.3 Å². The first-order valence-electron chi connectivity index (χ1n) is 5.17. The summed E-state index contributed by atoms with van der Waals surface area (Å²) in [5.74, 6) is -0.246. The topological polar surface area (TPSA) is 37.8 Å². The van der Waals surface area contributed by atoms with Gasteiger partial charge in [0.1, 0.15) is 5.82 Å². The zero-order chi connectivity index (χ0) is 12.1. The predicted molar refractivity (Wildman–Crippen MR) is 66.7 cm³/mol. The lowest BCUT2D eigenvalue weighted by atomic mass is 10.2. The van der Waals surface area contributed by atoms with Crippen molar-refractivity contribution >= 4 is 15.9 Å². The maximum atomic E-state index is 13.2. The van der Waals surface area contributed by atoms with Crippen LogP contribution in [-0.2, 0) is 13.1 Å². The van der Waals surface area contributed by atoms with E-state index in [1.165, 1.54) is 6.07 Å². The van der Waals surface area contributed by atoms with E-state index in [0.717, 1.165) is 11.3 Å². The fraction of sp³-hybridized carbons (Fsp3) is 0.167. The van der Waals surface area contributed by atoms with E-state index in [-0.39, 0.29) is 5.82 Å². The van der Waals surface area contributed by atoms with E-state index in [1.54, 1.807) is 12.3 Å². The summed E-state index contributed by atoms with van der Waals surface area (Å²) in [6.07, 6.45) is 1.63. The lowest BCUT2D eigenvalue weighted by Crippen LogP contribution is -2.14. The van der Waals surface area contributed by atoms with Gasteiger partial charge < -0.3 is 5.32 Å². The Morgan fingerprint density at radius 2 is 2.12 bits per heavy atom. The molecule has 1 aromatic heterocycles. The summed E-state index contributed by atoms with van der Waals surface area (Å²) in [6, 6.07) is 8.81. The van der Waals surface area contributed by atoms with Crippen molar-refractivity contribution in [3.63, 3.8) is 0 Å². The summed E-state index contributed by atoms with van der Waals surface area (Å²) in [5.41, 5.74) is 1.76. The van der Waals surface area contributed by atoms with Gasteiger partial charge in [-0.3, -0.25) is 0 Å². The first-order chi connectivity index (χ1) is 8.25. The smallest absolute Gasteiger partial charge is 0.137 e. The Kier molecular flexibility index (Phi) is 4.17. The number of nitrogens with one attached hydrogen (secondary N) is 1. The van der Waals surface area contributed by atoms with Crippen LogP contribution in [-0.4, -0.2) is 10.2 Å². The highest BCUT2D eigenvalue weighted by atomic mass is 79.9. The Morgan fingerprint density at radius 3 is 2.82 bits per heavy atom. The van der Waals surface area contributed by atoms with Crippen LogP contribution in [0.2, 0.25) is 0 Å². The number of hydrogen-bond acceptors (Lipinski definition) is 3. The Balaban J connectivity index is 1.88. The minimum Gasteiger partial charge on any atom is -0.307 e. The van der Waals surface area contributed by atoms with E-state index < -0.39 is 0 Å². The summed E-state index contributed by atoms with van der Waals surface area (Å²) >= 11 is 3.12. The van der Waals surface area contributed by atoms with E-state index in [4.69, 9.17) is 0 Å². The van der Waals surface area contributed by atoms with Crippen LogP contribution in [0.5, 0.6) is 0 Å². The third-order valence-electron chi connectivity index (χ3n) is 2.25. The zero-order valence-corrected chi connectivity index (χ0v) is 10.6. The summed E-state index contributed by atoms with van der Waals surface area (Å²) in [5, 5.41) is 10.9. The van der Waals surface area contributed by atoms with E-state index in [0.29, 0.717) is 17.6 Å². The van der Waals surface area contributed by atoms with E-state index in [1.807, 2.05) is 18.2 Å². The third kappa shape index (κ3) is 3.57. The second-order valence-corrected chi connectivity index (χ2v) is 4.42. The minimum absolute atomic E-state index is 0.246. The maximum Gasteiger partial charge on any atom is 0.137 e. The third-order valence-corrected chi connectivity index (χ3v) is 2.89. The highest BCUT2D eigenvalue weighted by Crippen LogP contribution is 2.16. The number of rotatable bonds is 4. The summed E-state index contributed by atoms with van der Waals surface area (Å²) in [4.78, 5) is 0. The van der Waals surface area contributed by atoms with E-state index in [9.17, 15) is 4.39 Å². The minimum atomic E-state index is -0.246. The number of halogens is 2. The molecule has 0 aliphatic carbocycles. The average Bonchev–Trinajstić information content (AvgIpc) is 2.35. The van der Waals surface area contributed by atoms with Gasteiger partial charge in [-0.25, -0.2) is 4.39 Å². The van der Waals surface area contributed by atoms with Crippen LogP contribution in [0.4, 0.5) is 4.39 Å². The molecule has 2 aromatic rings. The molecule has 0 fully saturated rings. The lowest BCUT2D eigenvalue weighted by molar-refractivity contribution is 0.612. The molecule has 0 atom stereocenters. The molecule has 2 rings (SSSR count). The number of nitrogens with zero attached hydrogens (tertiary/aromatic N) is 2. The van der Waals surface area contributed by atoms with Crippen molar-refractivity contribution in [2.45, 2.75) is 13.1 Å². The predicted octanol–water partition coefficient (Wildman–Crippen LogP) is 2.67. The molecule has 0 radical (unpaired) electrons. The van der Waals surface area contributed by atoms with Gasteiger partial charge in [0.05, 0.1) is 10.2 Å². The Hall–Kier alpha value is -1.33. The second kappa shape index (κ2) is 5.84. The molecule has 3 nitrogen and oxygen atoms in total. The van der Waals surface area contributed by atoms with Gasteiger partial charge in [-0.15, -0.1) is 0 Å². The van der Waals surface area contributed by atoms with E-state index >= 15 is 0 Å². The molecule has 1 N–H and O–H groups in total. The monoisotopic (exact) mass is 295 g/mol. The van der Waals surface area contributed by atoms with Crippen molar-refractivity contribution in [1.29, 1.82) is 0 Å². The molecule has 0 saturated carbocycles. The molecule has 1 heterocycles. The molecule has 0 spiro atoms. The van der Waals surface area contributed by atoms with Crippen molar-refractivity contribution in [3.05, 3.63) is 58.1 Å². The van der Waals surface area contributed by atoms with Gasteiger partial charge in [0.2, 0.25) is 0 Å². The van der Waals surface area contributed by atoms with Crippen molar-refractivity contribution in [3.8, 4) is 0 Å². The van der Waals surface area contributed by atoms with Crippen molar-refractivity contribution in [2.75, 3.05) is 0 Å². The second-order valence-electron chi connectivity index (χ2n) is 3.57. The molecular weight excluding hydrogens is 285 g/mol. The van der Waals surface area contributed by atoms with Crippen LogP contribution in [0.25, 0.3) is 0 Å². The molecule has 0 aliphatic rings. The Morgan fingerprint density at radius 1 is 1.24 bits per heavy atom. The molecule has 17 heavy (non-hydrogen) atoms. The number of benzene rings is 1. The van der Waals surface area contributed by atoms with Gasteiger partial charge in [0, 0.05) is 19.3 Å². The average molecular weight is 296 g/mol. The molecule has 0 aliphatic heterocycles. The van der Waals surface area contributed by atoms with Gasteiger partial charge in [-0.1, -0.05) is 6.07 Å². The normalized spacial score (nSPS) is 10.5. The van der Waals surface area contributed by atoms with Crippen LogP contribution in [0.3, 0.4) is 0 Å². The van der Waals surface area contributed by atoms with Crippen LogP contribution in [0.15, 0.2) is 41.0 Å². The Labute approximate surface area is 107 Å². The molecule has 5 heteroatoms. The Bertz CT molecular complexity index is 490. The molecule has 0 saturated heterocycles. The summed E-state index contributed by atoms with van der Waals surface area (Å²) in [7, 11) is 0. The molecule has 0 unspecified atom stereocenters. The highest BCUT2D eigenvalue weighted by molar-refractivity contribution is 9.10. The van der Waals surface area contributed by atoms with Gasteiger partial charge in [0.15, 0.2) is 0 Å². The number of aromatic nitrogens is 2. The first-order valence-corrected chi connectivity index (χ1v) is 5.96. The van der Waals surface area contributed by atoms with Crippen molar-refractivity contribution in [2.24, 2.45) is 0 Å². The van der Waals surface area contributed by atoms with Gasteiger partial charge in [0.25, 0.3) is 0 Å². The van der Waals surface area contributed by atoms with Crippen LogP contribution in [0, 0.1) is 5.82 Å². The van der Waals surface area contributed by atoms with Gasteiger partial charge in [-0.05, 0) is 45.8 Å². The van der Waals surface area contributed by atoms with Gasteiger partial charge in [-0.2, -0.15) is 10.2 Å². The lowest BCUT2D eigenvalue weighted by Gasteiger charge is -2.04.